The highest BCUT2D eigenvalue weighted by molar-refractivity contribution is 7.09. The van der Waals surface area contributed by atoms with Crippen LogP contribution in [0.5, 0.6) is 0 Å². The van der Waals surface area contributed by atoms with Gasteiger partial charge in [0.05, 0.1) is 11.1 Å². The lowest BCUT2D eigenvalue weighted by atomic mass is 9.77. The Bertz CT molecular complexity index is 717. The van der Waals surface area contributed by atoms with E-state index in [-0.39, 0.29) is 17.0 Å². The van der Waals surface area contributed by atoms with Crippen molar-refractivity contribution in [2.24, 2.45) is 0 Å². The van der Waals surface area contributed by atoms with Gasteiger partial charge in [-0.05, 0) is 50.5 Å². The van der Waals surface area contributed by atoms with Gasteiger partial charge in [-0.25, -0.2) is 9.78 Å². The number of benzene rings is 1. The molecule has 1 aliphatic carbocycles. The van der Waals surface area contributed by atoms with Gasteiger partial charge in [0.15, 0.2) is 0 Å². The summed E-state index contributed by atoms with van der Waals surface area (Å²) in [4.78, 5) is 27.8. The lowest BCUT2D eigenvalue weighted by Gasteiger charge is -2.40. The first-order chi connectivity index (χ1) is 10.5. The van der Waals surface area contributed by atoms with Crippen LogP contribution in [0.25, 0.3) is 0 Å². The molecule has 1 fully saturated rings. The molecule has 3 rings (SSSR count). The van der Waals surface area contributed by atoms with Gasteiger partial charge in [-0.2, -0.15) is 0 Å². The number of aromatic carboxylic acids is 1. The molecule has 1 amide bonds. The second-order valence-electron chi connectivity index (χ2n) is 5.57. The first-order valence-corrected chi connectivity index (χ1v) is 7.97. The van der Waals surface area contributed by atoms with E-state index < -0.39 is 5.97 Å². The van der Waals surface area contributed by atoms with Crippen LogP contribution in [0, 0.1) is 6.92 Å². The van der Waals surface area contributed by atoms with Crippen LogP contribution in [-0.2, 0) is 5.54 Å². The average molecular weight is 316 g/mol. The summed E-state index contributed by atoms with van der Waals surface area (Å²) in [5.41, 5.74) is 1.24. The summed E-state index contributed by atoms with van der Waals surface area (Å²) in [7, 11) is 0. The fourth-order valence-electron chi connectivity index (χ4n) is 2.55. The van der Waals surface area contributed by atoms with Crippen LogP contribution < -0.4 is 5.32 Å². The quantitative estimate of drug-likeness (QED) is 0.909. The Labute approximate surface area is 132 Å². The number of hydrogen-bond donors (Lipinski definition) is 2. The van der Waals surface area contributed by atoms with Gasteiger partial charge in [0, 0.05) is 16.6 Å². The number of aryl methyl sites for hydroxylation is 1. The third-order valence-electron chi connectivity index (χ3n) is 3.98. The molecular formula is C16H16N2O3S. The summed E-state index contributed by atoms with van der Waals surface area (Å²) < 4.78 is 0. The number of thiazole rings is 1. The maximum Gasteiger partial charge on any atom is 0.335 e. The smallest absolute Gasteiger partial charge is 0.335 e. The van der Waals surface area contributed by atoms with Crippen LogP contribution in [0.15, 0.2) is 29.6 Å². The Kier molecular flexibility index (Phi) is 3.70. The standard InChI is InChI=1S/C16H16N2O3S/c1-10-9-22-15(17-10)16(7-2-8-16)18-13(19)11-3-5-12(6-4-11)14(20)21/h3-6,9H,2,7-8H2,1H3,(H,18,19)(H,20,21). The predicted molar refractivity (Wildman–Crippen MR) is 83.2 cm³/mol. The van der Waals surface area contributed by atoms with Crippen LogP contribution in [-0.4, -0.2) is 22.0 Å². The van der Waals surface area contributed by atoms with E-state index in [4.69, 9.17) is 5.11 Å². The van der Waals surface area contributed by atoms with E-state index in [1.807, 2.05) is 12.3 Å². The van der Waals surface area contributed by atoms with Crippen molar-refractivity contribution in [3.05, 3.63) is 51.5 Å². The molecule has 6 heteroatoms. The number of carboxylic acids is 1. The number of hydrogen-bond acceptors (Lipinski definition) is 4. The molecule has 2 N–H and O–H groups in total. The summed E-state index contributed by atoms with van der Waals surface area (Å²) in [5, 5.41) is 14.9. The molecule has 1 saturated carbocycles. The second-order valence-corrected chi connectivity index (χ2v) is 6.42. The van der Waals surface area contributed by atoms with Crippen molar-refractivity contribution in [2.75, 3.05) is 0 Å². The maximum absolute atomic E-state index is 12.4. The minimum Gasteiger partial charge on any atom is -0.478 e. The molecule has 2 aromatic rings. The Balaban J connectivity index is 1.79. The lowest BCUT2D eigenvalue weighted by Crippen LogP contribution is -2.50. The van der Waals surface area contributed by atoms with E-state index in [1.165, 1.54) is 24.3 Å². The molecule has 1 aromatic heterocycles. The second kappa shape index (κ2) is 5.53. The number of carbonyl (C=O) groups excluding carboxylic acids is 1. The first kappa shape index (κ1) is 14.7. The Morgan fingerprint density at radius 1 is 1.23 bits per heavy atom. The Morgan fingerprint density at radius 3 is 2.32 bits per heavy atom. The van der Waals surface area contributed by atoms with Crippen LogP contribution in [0.4, 0.5) is 0 Å². The minimum atomic E-state index is -0.999. The molecule has 114 valence electrons. The van der Waals surface area contributed by atoms with Gasteiger partial charge >= 0.3 is 5.97 Å². The van der Waals surface area contributed by atoms with Gasteiger partial charge in [0.1, 0.15) is 5.01 Å². The maximum atomic E-state index is 12.4. The molecule has 0 unspecified atom stereocenters. The monoisotopic (exact) mass is 316 g/mol. The van der Waals surface area contributed by atoms with E-state index in [1.54, 1.807) is 11.3 Å². The molecule has 0 spiro atoms. The summed E-state index contributed by atoms with van der Waals surface area (Å²) in [6.07, 6.45) is 2.84. The zero-order chi connectivity index (χ0) is 15.7. The lowest BCUT2D eigenvalue weighted by molar-refractivity contribution is 0.0695. The topological polar surface area (TPSA) is 79.3 Å². The summed E-state index contributed by atoms with van der Waals surface area (Å²) in [5.74, 6) is -1.19. The van der Waals surface area contributed by atoms with Crippen molar-refractivity contribution in [3.63, 3.8) is 0 Å². The minimum absolute atomic E-state index is 0.172. The van der Waals surface area contributed by atoms with Crippen molar-refractivity contribution in [1.82, 2.24) is 10.3 Å². The van der Waals surface area contributed by atoms with Crippen LogP contribution in [0.2, 0.25) is 0 Å². The van der Waals surface area contributed by atoms with Gasteiger partial charge in [-0.1, -0.05) is 0 Å². The molecule has 0 atom stereocenters. The third kappa shape index (κ3) is 2.62. The molecule has 0 saturated heterocycles. The first-order valence-electron chi connectivity index (χ1n) is 7.09. The number of nitrogens with one attached hydrogen (secondary N) is 1. The van der Waals surface area contributed by atoms with Crippen LogP contribution in [0.1, 0.15) is 50.7 Å². The molecule has 22 heavy (non-hydrogen) atoms. The third-order valence-corrected chi connectivity index (χ3v) is 5.15. The zero-order valence-corrected chi connectivity index (χ0v) is 12.9. The van der Waals surface area contributed by atoms with Gasteiger partial charge in [0.2, 0.25) is 0 Å². The van der Waals surface area contributed by atoms with E-state index >= 15 is 0 Å². The highest BCUT2D eigenvalue weighted by atomic mass is 32.1. The largest absolute Gasteiger partial charge is 0.478 e. The summed E-state index contributed by atoms with van der Waals surface area (Å²) >= 11 is 1.57. The van der Waals surface area contributed by atoms with E-state index in [0.29, 0.717) is 5.56 Å². The number of nitrogens with zero attached hydrogens (tertiary/aromatic N) is 1. The van der Waals surface area contributed by atoms with Crippen molar-refractivity contribution in [1.29, 1.82) is 0 Å². The Hall–Kier alpha value is -2.21. The molecule has 0 aliphatic heterocycles. The molecule has 0 radical (unpaired) electrons. The van der Waals surface area contributed by atoms with Crippen molar-refractivity contribution >= 4 is 23.2 Å². The molecule has 5 nitrogen and oxygen atoms in total. The van der Waals surface area contributed by atoms with Crippen LogP contribution in [0.3, 0.4) is 0 Å². The van der Waals surface area contributed by atoms with Gasteiger partial charge in [0.25, 0.3) is 5.91 Å². The molecule has 0 bridgehead atoms. The average Bonchev–Trinajstić information content (AvgIpc) is 2.89. The Morgan fingerprint density at radius 2 is 1.86 bits per heavy atom. The normalized spacial score (nSPS) is 15.9. The number of rotatable bonds is 4. The van der Waals surface area contributed by atoms with Crippen molar-refractivity contribution < 1.29 is 14.7 Å². The van der Waals surface area contributed by atoms with E-state index in [0.717, 1.165) is 30.0 Å². The van der Waals surface area contributed by atoms with Gasteiger partial charge in [-0.3, -0.25) is 4.79 Å². The van der Waals surface area contributed by atoms with Crippen LogP contribution >= 0.6 is 11.3 Å². The molecule has 1 aliphatic rings. The fourth-order valence-corrected chi connectivity index (χ4v) is 3.56. The predicted octanol–water partition coefficient (Wildman–Crippen LogP) is 2.96. The molecular weight excluding hydrogens is 300 g/mol. The summed E-state index contributed by atoms with van der Waals surface area (Å²) in [6, 6.07) is 5.97. The van der Waals surface area contributed by atoms with Gasteiger partial charge < -0.3 is 10.4 Å². The highest BCUT2D eigenvalue weighted by Crippen LogP contribution is 2.42. The summed E-state index contributed by atoms with van der Waals surface area (Å²) in [6.45, 7) is 1.94. The van der Waals surface area contributed by atoms with E-state index in [9.17, 15) is 9.59 Å². The number of carbonyl (C=O) groups is 2. The fraction of sp³-hybridized carbons (Fsp3) is 0.312. The van der Waals surface area contributed by atoms with E-state index in [2.05, 4.69) is 10.3 Å². The van der Waals surface area contributed by atoms with Gasteiger partial charge in [-0.15, -0.1) is 11.3 Å². The number of carboxylic acid groups (broad SMARTS) is 1. The molecule has 1 aromatic carbocycles. The molecule has 1 heterocycles. The van der Waals surface area contributed by atoms with Crippen molar-refractivity contribution in [3.8, 4) is 0 Å². The zero-order valence-electron chi connectivity index (χ0n) is 12.1. The highest BCUT2D eigenvalue weighted by Gasteiger charge is 2.42. The number of amides is 1. The van der Waals surface area contributed by atoms with Crippen molar-refractivity contribution in [2.45, 2.75) is 31.7 Å². The number of aromatic nitrogens is 1. The SMILES string of the molecule is Cc1csc(C2(NC(=O)c3ccc(C(=O)O)cc3)CCC2)n1.